The van der Waals surface area contributed by atoms with Crippen LogP contribution in [0.4, 0.5) is 0 Å². The van der Waals surface area contributed by atoms with E-state index in [1.165, 1.54) is 50.1 Å². The number of fused-ring (bicyclic) bond motifs is 9. The number of rotatable bonds is 2. The van der Waals surface area contributed by atoms with Crippen LogP contribution in [0, 0.1) is 0 Å². The Bertz CT molecular complexity index is 1240. The molecule has 0 fully saturated rings. The highest BCUT2D eigenvalue weighted by Crippen LogP contribution is 2.59. The van der Waals surface area contributed by atoms with Gasteiger partial charge in [-0.15, -0.1) is 0 Å². The SMILES string of the molecule is CN(C)Cc1ccc2c(c1)-c1ccccc1C21c2ccccc2Cc2ccccc21. The third-order valence-corrected chi connectivity index (χ3v) is 6.83. The molecular formula is C29H25N. The average Bonchev–Trinajstić information content (AvgIpc) is 3.05. The molecule has 0 radical (unpaired) electrons. The Morgan fingerprint density at radius 3 is 1.87 bits per heavy atom. The minimum absolute atomic E-state index is 0.228. The standard InChI is InChI=1S/C29H25N/c1-30(2)19-20-15-16-28-24(17-20)23-11-5-8-14-27(23)29(28)25-12-6-3-9-21(25)18-22-10-4-7-13-26(22)29/h3-17H,18-19H2,1-2H3. The normalized spacial score (nSPS) is 14.9. The van der Waals surface area contributed by atoms with Crippen LogP contribution in [0.15, 0.2) is 91.0 Å². The zero-order valence-corrected chi connectivity index (χ0v) is 17.5. The highest BCUT2D eigenvalue weighted by atomic mass is 15.0. The van der Waals surface area contributed by atoms with Crippen LogP contribution in [0.1, 0.15) is 38.9 Å². The predicted molar refractivity (Wildman–Crippen MR) is 124 cm³/mol. The Balaban J connectivity index is 1.75. The van der Waals surface area contributed by atoms with Crippen LogP contribution in [0.5, 0.6) is 0 Å². The van der Waals surface area contributed by atoms with Gasteiger partial charge in [0.25, 0.3) is 0 Å². The van der Waals surface area contributed by atoms with E-state index in [9.17, 15) is 0 Å². The van der Waals surface area contributed by atoms with Gasteiger partial charge in [0.15, 0.2) is 0 Å². The molecule has 0 N–H and O–H groups in total. The van der Waals surface area contributed by atoms with E-state index in [1.807, 2.05) is 0 Å². The van der Waals surface area contributed by atoms with Gasteiger partial charge in [-0.1, -0.05) is 84.9 Å². The van der Waals surface area contributed by atoms with Crippen LogP contribution in [0.2, 0.25) is 0 Å². The van der Waals surface area contributed by atoms with Crippen molar-refractivity contribution >= 4 is 0 Å². The summed E-state index contributed by atoms with van der Waals surface area (Å²) in [5.74, 6) is 0. The third-order valence-electron chi connectivity index (χ3n) is 6.83. The topological polar surface area (TPSA) is 3.24 Å². The second-order valence-electron chi connectivity index (χ2n) is 8.90. The smallest absolute Gasteiger partial charge is 0.0719 e. The van der Waals surface area contributed by atoms with Crippen LogP contribution in [-0.4, -0.2) is 19.0 Å². The highest BCUT2D eigenvalue weighted by Gasteiger charge is 2.49. The van der Waals surface area contributed by atoms with Gasteiger partial charge in [-0.05, 0) is 76.7 Å². The van der Waals surface area contributed by atoms with Gasteiger partial charge >= 0.3 is 0 Å². The van der Waals surface area contributed by atoms with Gasteiger partial charge in [-0.3, -0.25) is 0 Å². The summed E-state index contributed by atoms with van der Waals surface area (Å²) in [6, 6.07) is 34.3. The Morgan fingerprint density at radius 2 is 1.20 bits per heavy atom. The van der Waals surface area contributed by atoms with Gasteiger partial charge in [-0.25, -0.2) is 0 Å². The lowest BCUT2D eigenvalue weighted by Gasteiger charge is -2.40. The van der Waals surface area contributed by atoms with Crippen molar-refractivity contribution < 1.29 is 0 Å². The molecular weight excluding hydrogens is 362 g/mol. The highest BCUT2D eigenvalue weighted by molar-refractivity contribution is 5.88. The van der Waals surface area contributed by atoms with E-state index in [-0.39, 0.29) is 5.41 Å². The first-order chi connectivity index (χ1) is 14.7. The van der Waals surface area contributed by atoms with Crippen LogP contribution < -0.4 is 0 Å². The molecule has 4 aromatic rings. The molecule has 0 aliphatic heterocycles. The molecule has 2 aliphatic carbocycles. The molecule has 6 rings (SSSR count). The monoisotopic (exact) mass is 387 g/mol. The molecule has 4 aromatic carbocycles. The number of hydrogen-bond donors (Lipinski definition) is 0. The molecule has 1 nitrogen and oxygen atoms in total. The summed E-state index contributed by atoms with van der Waals surface area (Å²) < 4.78 is 0. The lowest BCUT2D eigenvalue weighted by atomic mass is 9.61. The maximum Gasteiger partial charge on any atom is 0.0719 e. The summed E-state index contributed by atoms with van der Waals surface area (Å²) in [5, 5.41) is 0. The second-order valence-corrected chi connectivity index (χ2v) is 8.90. The Morgan fingerprint density at radius 1 is 0.633 bits per heavy atom. The second kappa shape index (κ2) is 6.42. The van der Waals surface area contributed by atoms with Crippen molar-refractivity contribution in [3.63, 3.8) is 0 Å². The lowest BCUT2D eigenvalue weighted by Crippen LogP contribution is -2.34. The first-order valence-corrected chi connectivity index (χ1v) is 10.7. The van der Waals surface area contributed by atoms with Crippen LogP contribution >= 0.6 is 0 Å². The van der Waals surface area contributed by atoms with Crippen LogP contribution in [0.3, 0.4) is 0 Å². The molecule has 2 aliphatic rings. The average molecular weight is 388 g/mol. The zero-order chi connectivity index (χ0) is 20.3. The van der Waals surface area contributed by atoms with Crippen LogP contribution in [-0.2, 0) is 18.4 Å². The van der Waals surface area contributed by atoms with E-state index >= 15 is 0 Å². The summed E-state index contributed by atoms with van der Waals surface area (Å²) >= 11 is 0. The van der Waals surface area contributed by atoms with E-state index in [4.69, 9.17) is 0 Å². The largest absolute Gasteiger partial charge is 0.305 e. The number of nitrogens with zero attached hydrogens (tertiary/aromatic N) is 1. The molecule has 0 amide bonds. The van der Waals surface area contributed by atoms with Gasteiger partial charge in [0.1, 0.15) is 0 Å². The van der Waals surface area contributed by atoms with Crippen molar-refractivity contribution in [3.05, 3.63) is 130 Å². The summed E-state index contributed by atoms with van der Waals surface area (Å²) in [5.41, 5.74) is 12.5. The molecule has 0 heterocycles. The first-order valence-electron chi connectivity index (χ1n) is 10.7. The van der Waals surface area contributed by atoms with Gasteiger partial charge in [0, 0.05) is 6.54 Å². The summed E-state index contributed by atoms with van der Waals surface area (Å²) in [4.78, 5) is 2.24. The van der Waals surface area contributed by atoms with E-state index < -0.39 is 0 Å². The molecule has 0 saturated carbocycles. The molecule has 30 heavy (non-hydrogen) atoms. The fourth-order valence-electron chi connectivity index (χ4n) is 5.81. The molecule has 0 unspecified atom stereocenters. The van der Waals surface area contributed by atoms with Gasteiger partial charge in [0.05, 0.1) is 5.41 Å². The minimum Gasteiger partial charge on any atom is -0.305 e. The lowest BCUT2D eigenvalue weighted by molar-refractivity contribution is 0.402. The number of benzene rings is 4. The van der Waals surface area contributed by atoms with Gasteiger partial charge < -0.3 is 4.90 Å². The molecule has 1 heteroatoms. The first kappa shape index (κ1) is 17.7. The molecule has 0 aromatic heterocycles. The molecule has 0 saturated heterocycles. The van der Waals surface area contributed by atoms with Crippen molar-refractivity contribution in [1.29, 1.82) is 0 Å². The molecule has 0 bridgehead atoms. The summed E-state index contributed by atoms with van der Waals surface area (Å²) in [6.45, 7) is 0.954. The van der Waals surface area contributed by atoms with E-state index in [2.05, 4.69) is 110 Å². The Kier molecular flexibility index (Phi) is 3.78. The summed E-state index contributed by atoms with van der Waals surface area (Å²) in [7, 11) is 4.27. The fraction of sp³-hybridized carbons (Fsp3) is 0.172. The minimum atomic E-state index is -0.228. The van der Waals surface area contributed by atoms with E-state index in [1.54, 1.807) is 0 Å². The van der Waals surface area contributed by atoms with Crippen molar-refractivity contribution in [2.45, 2.75) is 18.4 Å². The molecule has 0 atom stereocenters. The quantitative estimate of drug-likeness (QED) is 0.351. The van der Waals surface area contributed by atoms with Gasteiger partial charge in [-0.2, -0.15) is 0 Å². The maximum atomic E-state index is 2.42. The number of hydrogen-bond acceptors (Lipinski definition) is 1. The Labute approximate surface area is 178 Å². The summed E-state index contributed by atoms with van der Waals surface area (Å²) in [6.07, 6.45) is 1.00. The van der Waals surface area contributed by atoms with Crippen molar-refractivity contribution in [2.75, 3.05) is 14.1 Å². The van der Waals surface area contributed by atoms with E-state index in [0.717, 1.165) is 13.0 Å². The molecule has 146 valence electrons. The Hall–Kier alpha value is -3.16. The third kappa shape index (κ3) is 2.27. The zero-order valence-electron chi connectivity index (χ0n) is 17.5. The van der Waals surface area contributed by atoms with Gasteiger partial charge in [0.2, 0.25) is 0 Å². The fourth-order valence-corrected chi connectivity index (χ4v) is 5.81. The van der Waals surface area contributed by atoms with Crippen molar-refractivity contribution in [3.8, 4) is 11.1 Å². The van der Waals surface area contributed by atoms with Crippen LogP contribution in [0.25, 0.3) is 11.1 Å². The maximum absolute atomic E-state index is 2.42. The van der Waals surface area contributed by atoms with Crippen molar-refractivity contribution in [1.82, 2.24) is 4.90 Å². The molecule has 1 spiro atoms. The van der Waals surface area contributed by atoms with Crippen molar-refractivity contribution in [2.24, 2.45) is 0 Å². The predicted octanol–water partition coefficient (Wildman–Crippen LogP) is 6.02. The van der Waals surface area contributed by atoms with E-state index in [0.29, 0.717) is 0 Å².